The van der Waals surface area contributed by atoms with Crippen LogP contribution in [-0.2, 0) is 13.9 Å². The molecule has 1 atom stereocenters. The van der Waals surface area contributed by atoms with E-state index in [4.69, 9.17) is 9.05 Å². The van der Waals surface area contributed by atoms with Gasteiger partial charge in [-0.15, -0.1) is 0 Å². The van der Waals surface area contributed by atoms with Crippen LogP contribution in [0.4, 0.5) is 0 Å². The van der Waals surface area contributed by atoms with Crippen molar-refractivity contribution < 1.29 is 23.3 Å². The lowest BCUT2D eigenvalue weighted by Crippen LogP contribution is -2.26. The molecule has 0 radical (unpaired) electrons. The summed E-state index contributed by atoms with van der Waals surface area (Å²) < 4.78 is 21.6. The number of hydrogen-bond acceptors (Lipinski definition) is 4. The van der Waals surface area contributed by atoms with Crippen molar-refractivity contribution in [2.24, 2.45) is 0 Å². The number of aryl methyl sites for hydroxylation is 1. The van der Waals surface area contributed by atoms with Gasteiger partial charge in [-0.2, -0.15) is 0 Å². The molecule has 6 nitrogen and oxygen atoms in total. The minimum absolute atomic E-state index is 0.0672. The lowest BCUT2D eigenvalue weighted by atomic mass is 10.1. The first kappa shape index (κ1) is 20.7. The number of unbranched alkanes of at least 4 members (excludes halogenated alkanes) is 4. The zero-order valence-electron chi connectivity index (χ0n) is 14.5. The number of hydrogen-bond donors (Lipinski definition) is 2. The second-order valence-corrected chi connectivity index (χ2v) is 7.10. The molecular formula is C17H28NO5P. The van der Waals surface area contributed by atoms with Gasteiger partial charge in [0.15, 0.2) is 0 Å². The van der Waals surface area contributed by atoms with E-state index in [2.05, 4.69) is 12.2 Å². The average Bonchev–Trinajstić information content (AvgIpc) is 2.51. The molecule has 0 aliphatic carbocycles. The summed E-state index contributed by atoms with van der Waals surface area (Å²) >= 11 is 0. The van der Waals surface area contributed by atoms with E-state index in [9.17, 15) is 14.3 Å². The molecule has 24 heavy (non-hydrogen) atoms. The minimum Gasteiger partial charge on any atom is -0.404 e. The van der Waals surface area contributed by atoms with Crippen LogP contribution >= 0.6 is 7.82 Å². The first-order valence-electron chi connectivity index (χ1n) is 8.43. The third kappa shape index (κ3) is 9.71. The Morgan fingerprint density at radius 1 is 1.25 bits per heavy atom. The van der Waals surface area contributed by atoms with Crippen molar-refractivity contribution in [3.05, 3.63) is 29.8 Å². The molecule has 7 heteroatoms. The van der Waals surface area contributed by atoms with Gasteiger partial charge in [0.05, 0.1) is 6.61 Å². The van der Waals surface area contributed by atoms with Gasteiger partial charge in [-0.25, -0.2) is 4.57 Å². The zero-order chi connectivity index (χ0) is 17.8. The number of rotatable bonds is 12. The Hall–Kier alpha value is -1.36. The summed E-state index contributed by atoms with van der Waals surface area (Å²) in [6.45, 7) is 4.10. The summed E-state index contributed by atoms with van der Waals surface area (Å²) in [5.74, 6) is 0.208. The SMILES string of the molecule is CCCCCCCC(=O)NCCOP(=O)(O)Oc1cccc(C)c1. The van der Waals surface area contributed by atoms with Crippen LogP contribution in [0.15, 0.2) is 24.3 Å². The number of carbonyl (C=O) groups is 1. The Bertz CT molecular complexity index is 550. The summed E-state index contributed by atoms with van der Waals surface area (Å²) in [5.41, 5.74) is 0.915. The molecule has 0 spiro atoms. The van der Waals surface area contributed by atoms with Crippen LogP contribution in [0.3, 0.4) is 0 Å². The third-order valence-electron chi connectivity index (χ3n) is 3.40. The van der Waals surface area contributed by atoms with Gasteiger partial charge in [-0.3, -0.25) is 14.2 Å². The minimum atomic E-state index is -4.18. The molecule has 1 rings (SSSR count). The van der Waals surface area contributed by atoms with Crippen LogP contribution in [0.25, 0.3) is 0 Å². The molecule has 2 N–H and O–H groups in total. The summed E-state index contributed by atoms with van der Waals surface area (Å²) in [5, 5.41) is 2.67. The van der Waals surface area contributed by atoms with E-state index in [0.717, 1.165) is 24.8 Å². The van der Waals surface area contributed by atoms with Crippen molar-refractivity contribution in [3.8, 4) is 5.75 Å². The Labute approximate surface area is 144 Å². The molecule has 0 heterocycles. The number of amides is 1. The molecular weight excluding hydrogens is 329 g/mol. The molecule has 0 saturated carbocycles. The van der Waals surface area contributed by atoms with E-state index in [1.165, 1.54) is 12.8 Å². The van der Waals surface area contributed by atoms with Gasteiger partial charge in [0.25, 0.3) is 0 Å². The molecule has 136 valence electrons. The first-order valence-corrected chi connectivity index (χ1v) is 9.93. The van der Waals surface area contributed by atoms with Crippen LogP contribution in [0, 0.1) is 6.92 Å². The summed E-state index contributed by atoms with van der Waals surface area (Å²) in [7, 11) is -4.18. The van der Waals surface area contributed by atoms with Crippen LogP contribution in [0.1, 0.15) is 51.0 Å². The molecule has 1 aromatic carbocycles. The first-order chi connectivity index (χ1) is 11.4. The lowest BCUT2D eigenvalue weighted by molar-refractivity contribution is -0.121. The normalized spacial score (nSPS) is 13.3. The Balaban J connectivity index is 2.17. The maximum absolute atomic E-state index is 11.8. The number of nitrogens with one attached hydrogen (secondary N) is 1. The van der Waals surface area contributed by atoms with Gasteiger partial charge in [-0.1, -0.05) is 44.7 Å². The van der Waals surface area contributed by atoms with Crippen molar-refractivity contribution in [1.29, 1.82) is 0 Å². The van der Waals surface area contributed by atoms with E-state index in [-0.39, 0.29) is 24.8 Å². The van der Waals surface area contributed by atoms with Crippen LogP contribution in [0.2, 0.25) is 0 Å². The monoisotopic (exact) mass is 357 g/mol. The van der Waals surface area contributed by atoms with Gasteiger partial charge < -0.3 is 9.84 Å². The highest BCUT2D eigenvalue weighted by Gasteiger charge is 2.22. The maximum Gasteiger partial charge on any atom is 0.527 e. The molecule has 0 aliphatic rings. The van der Waals surface area contributed by atoms with E-state index >= 15 is 0 Å². The second-order valence-electron chi connectivity index (χ2n) is 5.72. The van der Waals surface area contributed by atoms with Gasteiger partial charge in [0, 0.05) is 13.0 Å². The quantitative estimate of drug-likeness (QED) is 0.437. The molecule has 0 aromatic heterocycles. The number of carbonyl (C=O) groups excluding carboxylic acids is 1. The standard InChI is InChI=1S/C17H28NO5P/c1-3-4-5-6-7-11-17(19)18-12-13-22-24(20,21)23-16-10-8-9-15(2)14-16/h8-10,14H,3-7,11-13H2,1-2H3,(H,18,19)(H,20,21). The number of benzene rings is 1. The van der Waals surface area contributed by atoms with E-state index in [0.29, 0.717) is 6.42 Å². The topological polar surface area (TPSA) is 84.9 Å². The van der Waals surface area contributed by atoms with Gasteiger partial charge in [0.1, 0.15) is 5.75 Å². The predicted octanol–water partition coefficient (Wildman–Crippen LogP) is 3.97. The van der Waals surface area contributed by atoms with Gasteiger partial charge in [-0.05, 0) is 31.0 Å². The summed E-state index contributed by atoms with van der Waals surface area (Å²) in [6, 6.07) is 6.81. The van der Waals surface area contributed by atoms with Crippen molar-refractivity contribution >= 4 is 13.7 Å². The lowest BCUT2D eigenvalue weighted by Gasteiger charge is -2.13. The highest BCUT2D eigenvalue weighted by molar-refractivity contribution is 7.47. The second kappa shape index (κ2) is 11.2. The average molecular weight is 357 g/mol. The molecule has 0 bridgehead atoms. The van der Waals surface area contributed by atoms with E-state index in [1.54, 1.807) is 18.2 Å². The molecule has 0 aliphatic heterocycles. The molecule has 1 amide bonds. The number of phosphoric acid groups is 1. The number of phosphoric ester groups is 1. The van der Waals surface area contributed by atoms with Crippen LogP contribution in [0.5, 0.6) is 5.75 Å². The third-order valence-corrected chi connectivity index (χ3v) is 4.35. The molecule has 1 unspecified atom stereocenters. The van der Waals surface area contributed by atoms with Crippen LogP contribution < -0.4 is 9.84 Å². The van der Waals surface area contributed by atoms with Crippen molar-refractivity contribution in [2.45, 2.75) is 52.4 Å². The zero-order valence-corrected chi connectivity index (χ0v) is 15.4. The van der Waals surface area contributed by atoms with E-state index in [1.807, 2.05) is 13.0 Å². The highest BCUT2D eigenvalue weighted by atomic mass is 31.2. The smallest absolute Gasteiger partial charge is 0.404 e. The van der Waals surface area contributed by atoms with Gasteiger partial charge in [0.2, 0.25) is 5.91 Å². The van der Waals surface area contributed by atoms with Crippen molar-refractivity contribution in [3.63, 3.8) is 0 Å². The molecule has 0 fully saturated rings. The fourth-order valence-corrected chi connectivity index (χ4v) is 2.92. The largest absolute Gasteiger partial charge is 0.527 e. The maximum atomic E-state index is 11.8. The summed E-state index contributed by atoms with van der Waals surface area (Å²) in [6.07, 6.45) is 5.91. The fourth-order valence-electron chi connectivity index (χ4n) is 2.16. The fraction of sp³-hybridized carbons (Fsp3) is 0.588. The highest BCUT2D eigenvalue weighted by Crippen LogP contribution is 2.43. The molecule has 0 saturated heterocycles. The van der Waals surface area contributed by atoms with E-state index < -0.39 is 7.82 Å². The predicted molar refractivity (Wildman–Crippen MR) is 94.0 cm³/mol. The van der Waals surface area contributed by atoms with Crippen molar-refractivity contribution in [2.75, 3.05) is 13.2 Å². The summed E-state index contributed by atoms with van der Waals surface area (Å²) in [4.78, 5) is 21.2. The van der Waals surface area contributed by atoms with Crippen LogP contribution in [-0.4, -0.2) is 24.0 Å². The van der Waals surface area contributed by atoms with Gasteiger partial charge >= 0.3 is 7.82 Å². The Morgan fingerprint density at radius 3 is 2.71 bits per heavy atom. The molecule has 1 aromatic rings. The Kier molecular flexibility index (Phi) is 9.69. The Morgan fingerprint density at radius 2 is 2.00 bits per heavy atom. The van der Waals surface area contributed by atoms with Crippen molar-refractivity contribution in [1.82, 2.24) is 5.32 Å².